The summed E-state index contributed by atoms with van der Waals surface area (Å²) in [4.78, 5) is 16.0. The van der Waals surface area contributed by atoms with E-state index < -0.39 is 0 Å². The summed E-state index contributed by atoms with van der Waals surface area (Å²) in [5.41, 5.74) is 2.34. The molecule has 0 fully saturated rings. The van der Waals surface area contributed by atoms with Gasteiger partial charge in [-0.15, -0.1) is 23.7 Å². The summed E-state index contributed by atoms with van der Waals surface area (Å²) >= 11 is 1.81. The quantitative estimate of drug-likeness (QED) is 0.911. The molecule has 0 saturated heterocycles. The number of hydrogen-bond acceptors (Lipinski definition) is 3. The molecule has 118 valence electrons. The van der Waals surface area contributed by atoms with Gasteiger partial charge in [-0.3, -0.25) is 4.79 Å². The molecule has 0 saturated carbocycles. The van der Waals surface area contributed by atoms with Crippen molar-refractivity contribution in [2.45, 2.75) is 25.8 Å². The molecular formula is C17H21ClN2OS. The fraction of sp³-hybridized carbons (Fsp3) is 0.353. The van der Waals surface area contributed by atoms with Crippen LogP contribution in [0.3, 0.4) is 0 Å². The van der Waals surface area contributed by atoms with Crippen LogP contribution in [0.4, 0.5) is 5.69 Å². The number of para-hydroxylation sites is 1. The lowest BCUT2D eigenvalue weighted by molar-refractivity contribution is -0.132. The zero-order valence-electron chi connectivity index (χ0n) is 12.6. The van der Waals surface area contributed by atoms with Gasteiger partial charge < -0.3 is 10.2 Å². The molecule has 0 spiro atoms. The predicted molar refractivity (Wildman–Crippen MR) is 94.9 cm³/mol. The lowest BCUT2D eigenvalue weighted by Gasteiger charge is -2.35. The molecule has 0 aliphatic carbocycles. The first-order valence-corrected chi connectivity index (χ1v) is 8.32. The van der Waals surface area contributed by atoms with E-state index in [0.29, 0.717) is 6.54 Å². The Morgan fingerprint density at radius 1 is 1.32 bits per heavy atom. The number of carbonyl (C=O) groups excluding carboxylic acids is 1. The summed E-state index contributed by atoms with van der Waals surface area (Å²) in [6.45, 7) is 3.35. The molecule has 2 heterocycles. The monoisotopic (exact) mass is 336 g/mol. The molecule has 3 rings (SSSR count). The van der Waals surface area contributed by atoms with Crippen molar-refractivity contribution in [2.75, 3.05) is 18.4 Å². The topological polar surface area (TPSA) is 32.3 Å². The number of nitrogens with zero attached hydrogens (tertiary/aromatic N) is 1. The van der Waals surface area contributed by atoms with Gasteiger partial charge in [-0.2, -0.15) is 0 Å². The van der Waals surface area contributed by atoms with E-state index in [9.17, 15) is 4.79 Å². The Morgan fingerprint density at radius 3 is 2.82 bits per heavy atom. The third-order valence-electron chi connectivity index (χ3n) is 4.02. The number of thiophene rings is 1. The largest absolute Gasteiger partial charge is 0.376 e. The highest BCUT2D eigenvalue weighted by Crippen LogP contribution is 2.35. The van der Waals surface area contributed by atoms with Gasteiger partial charge >= 0.3 is 0 Å². The molecule has 1 aromatic carbocycles. The van der Waals surface area contributed by atoms with Crippen molar-refractivity contribution in [2.24, 2.45) is 0 Å². The Balaban J connectivity index is 0.00000176. The Hall–Kier alpha value is -1.52. The van der Waals surface area contributed by atoms with E-state index >= 15 is 0 Å². The highest BCUT2D eigenvalue weighted by Gasteiger charge is 2.29. The van der Waals surface area contributed by atoms with Gasteiger partial charge in [0.05, 0.1) is 12.6 Å². The van der Waals surface area contributed by atoms with Crippen molar-refractivity contribution in [1.29, 1.82) is 0 Å². The Kier molecular flexibility index (Phi) is 5.86. The second-order valence-corrected chi connectivity index (χ2v) is 6.28. The van der Waals surface area contributed by atoms with Crippen molar-refractivity contribution >= 4 is 35.3 Å². The van der Waals surface area contributed by atoms with Gasteiger partial charge in [0, 0.05) is 17.1 Å². The van der Waals surface area contributed by atoms with Crippen LogP contribution in [-0.2, 0) is 11.2 Å². The number of carbonyl (C=O) groups is 1. The number of fused-ring (bicyclic) bond motifs is 1. The molecule has 3 nitrogen and oxygen atoms in total. The summed E-state index contributed by atoms with van der Waals surface area (Å²) < 4.78 is 0. The van der Waals surface area contributed by atoms with E-state index in [4.69, 9.17) is 0 Å². The third kappa shape index (κ3) is 3.45. The van der Waals surface area contributed by atoms with Gasteiger partial charge in [0.15, 0.2) is 0 Å². The minimum absolute atomic E-state index is 0. The van der Waals surface area contributed by atoms with E-state index in [2.05, 4.69) is 23.7 Å². The van der Waals surface area contributed by atoms with Crippen LogP contribution in [0.5, 0.6) is 0 Å². The molecule has 1 unspecified atom stereocenters. The summed E-state index contributed by atoms with van der Waals surface area (Å²) in [5, 5.41) is 5.36. The van der Waals surface area contributed by atoms with Crippen molar-refractivity contribution in [3.8, 4) is 0 Å². The molecule has 1 aliphatic heterocycles. The molecule has 1 amide bonds. The van der Waals surface area contributed by atoms with Crippen LogP contribution in [0.1, 0.15) is 29.8 Å². The van der Waals surface area contributed by atoms with E-state index in [1.165, 1.54) is 10.4 Å². The molecule has 0 bridgehead atoms. The molecule has 2 aromatic rings. The molecule has 0 radical (unpaired) electrons. The lowest BCUT2D eigenvalue weighted by Crippen LogP contribution is -2.42. The standard InChI is InChI=1S/C17H20N2OS.ClH/c1-2-15-14-9-11-21-16(14)8-10-19(15)17(20)12-18-13-6-4-3-5-7-13;/h3-7,9,11,15,18H,2,8,10,12H2,1H3;1H. The second kappa shape index (κ2) is 7.65. The summed E-state index contributed by atoms with van der Waals surface area (Å²) in [6.07, 6.45) is 1.96. The van der Waals surface area contributed by atoms with Gasteiger partial charge in [0.1, 0.15) is 0 Å². The number of anilines is 1. The summed E-state index contributed by atoms with van der Waals surface area (Å²) in [6, 6.07) is 12.3. The second-order valence-electron chi connectivity index (χ2n) is 5.28. The number of nitrogens with one attached hydrogen (secondary N) is 1. The maximum absolute atomic E-state index is 12.5. The van der Waals surface area contributed by atoms with Crippen LogP contribution >= 0.6 is 23.7 Å². The third-order valence-corrected chi connectivity index (χ3v) is 5.02. The minimum Gasteiger partial charge on any atom is -0.376 e. The summed E-state index contributed by atoms with van der Waals surface area (Å²) in [5.74, 6) is 0.183. The Morgan fingerprint density at radius 2 is 2.09 bits per heavy atom. The number of benzene rings is 1. The molecule has 1 N–H and O–H groups in total. The number of amides is 1. The Bertz CT molecular complexity index is 614. The van der Waals surface area contributed by atoms with Crippen LogP contribution < -0.4 is 5.32 Å². The minimum atomic E-state index is 0. The molecule has 1 aliphatic rings. The molecule has 5 heteroatoms. The average Bonchev–Trinajstić information content (AvgIpc) is 3.01. The average molecular weight is 337 g/mol. The predicted octanol–water partition coefficient (Wildman–Crippen LogP) is 4.12. The SMILES string of the molecule is CCC1c2ccsc2CCN1C(=O)CNc1ccccc1.Cl. The van der Waals surface area contributed by atoms with E-state index in [0.717, 1.165) is 25.1 Å². The highest BCUT2D eigenvalue weighted by molar-refractivity contribution is 7.10. The van der Waals surface area contributed by atoms with Gasteiger partial charge in [-0.25, -0.2) is 0 Å². The van der Waals surface area contributed by atoms with E-state index in [-0.39, 0.29) is 24.4 Å². The van der Waals surface area contributed by atoms with E-state index in [1.54, 1.807) is 0 Å². The Labute approximate surface area is 141 Å². The molecular weight excluding hydrogens is 316 g/mol. The lowest BCUT2D eigenvalue weighted by atomic mass is 9.98. The molecule has 22 heavy (non-hydrogen) atoms. The van der Waals surface area contributed by atoms with Crippen LogP contribution in [0.2, 0.25) is 0 Å². The maximum Gasteiger partial charge on any atom is 0.242 e. The fourth-order valence-electron chi connectivity index (χ4n) is 2.97. The number of rotatable bonds is 4. The number of hydrogen-bond donors (Lipinski definition) is 1. The first-order chi connectivity index (χ1) is 10.3. The van der Waals surface area contributed by atoms with Crippen LogP contribution in [-0.4, -0.2) is 23.9 Å². The van der Waals surface area contributed by atoms with Crippen LogP contribution in [0, 0.1) is 0 Å². The first kappa shape index (κ1) is 16.8. The first-order valence-electron chi connectivity index (χ1n) is 7.44. The van der Waals surface area contributed by atoms with Crippen LogP contribution in [0.15, 0.2) is 41.8 Å². The molecule has 1 atom stereocenters. The van der Waals surface area contributed by atoms with Crippen molar-refractivity contribution in [3.63, 3.8) is 0 Å². The fourth-order valence-corrected chi connectivity index (χ4v) is 3.90. The van der Waals surface area contributed by atoms with Gasteiger partial charge in [-0.1, -0.05) is 25.1 Å². The smallest absolute Gasteiger partial charge is 0.242 e. The number of halogens is 1. The van der Waals surface area contributed by atoms with E-state index in [1.807, 2.05) is 46.6 Å². The zero-order valence-corrected chi connectivity index (χ0v) is 14.3. The summed E-state index contributed by atoms with van der Waals surface area (Å²) in [7, 11) is 0. The van der Waals surface area contributed by atoms with Crippen molar-refractivity contribution < 1.29 is 4.79 Å². The maximum atomic E-state index is 12.5. The molecule has 1 aromatic heterocycles. The highest BCUT2D eigenvalue weighted by atomic mass is 35.5. The van der Waals surface area contributed by atoms with Gasteiger partial charge in [0.25, 0.3) is 0 Å². The van der Waals surface area contributed by atoms with Gasteiger partial charge in [0.2, 0.25) is 5.91 Å². The van der Waals surface area contributed by atoms with Crippen molar-refractivity contribution in [1.82, 2.24) is 4.90 Å². The van der Waals surface area contributed by atoms with Gasteiger partial charge in [-0.05, 0) is 42.0 Å². The van der Waals surface area contributed by atoms with Crippen LogP contribution in [0.25, 0.3) is 0 Å². The zero-order chi connectivity index (χ0) is 14.7. The van der Waals surface area contributed by atoms with Crippen molar-refractivity contribution in [3.05, 3.63) is 52.2 Å². The normalized spacial score (nSPS) is 16.6.